The lowest BCUT2D eigenvalue weighted by atomic mass is 9.99. The maximum absolute atomic E-state index is 9.14. The number of hydrogen-bond donors (Lipinski definition) is 0. The van der Waals surface area contributed by atoms with E-state index in [0.717, 1.165) is 66.5 Å². The molecule has 3 heterocycles. The standard InChI is InChI=1S/C37H22N4O/c38-22-24-9-11-26(12-10-24)28-13-16-34-32(20-28)33-21-29(14-17-35(33)42-34)27-7-4-8-30(19-27)37-39-36-18-15-31(23-41(36)40-37)25-5-2-1-3-6-25/h1-21,23H. The molecule has 0 saturated heterocycles. The van der Waals surface area contributed by atoms with Crippen molar-refractivity contribution in [2.24, 2.45) is 0 Å². The van der Waals surface area contributed by atoms with Crippen molar-refractivity contribution in [3.8, 4) is 50.8 Å². The molecular formula is C37H22N4O. The number of nitriles is 1. The molecule has 0 aliphatic heterocycles. The van der Waals surface area contributed by atoms with E-state index in [2.05, 4.69) is 60.7 Å². The van der Waals surface area contributed by atoms with E-state index in [1.165, 1.54) is 0 Å². The number of pyridine rings is 1. The zero-order chi connectivity index (χ0) is 28.0. The van der Waals surface area contributed by atoms with Gasteiger partial charge < -0.3 is 4.42 Å². The summed E-state index contributed by atoms with van der Waals surface area (Å²) in [7, 11) is 0. The van der Waals surface area contributed by atoms with Crippen LogP contribution in [0.4, 0.5) is 0 Å². The molecule has 0 spiro atoms. The van der Waals surface area contributed by atoms with Crippen molar-refractivity contribution in [1.29, 1.82) is 5.26 Å². The van der Waals surface area contributed by atoms with E-state index < -0.39 is 0 Å². The number of hydrogen-bond acceptors (Lipinski definition) is 4. The Labute approximate surface area is 241 Å². The van der Waals surface area contributed by atoms with Crippen molar-refractivity contribution in [3.05, 3.63) is 139 Å². The van der Waals surface area contributed by atoms with Crippen LogP contribution in [0.5, 0.6) is 0 Å². The van der Waals surface area contributed by atoms with Gasteiger partial charge in [0.1, 0.15) is 11.2 Å². The molecule has 0 unspecified atom stereocenters. The van der Waals surface area contributed by atoms with Crippen molar-refractivity contribution in [2.75, 3.05) is 0 Å². The van der Waals surface area contributed by atoms with Gasteiger partial charge >= 0.3 is 0 Å². The van der Waals surface area contributed by atoms with Crippen molar-refractivity contribution in [2.45, 2.75) is 0 Å². The molecule has 5 aromatic carbocycles. The van der Waals surface area contributed by atoms with Gasteiger partial charge in [-0.3, -0.25) is 0 Å². The number of rotatable bonds is 4. The van der Waals surface area contributed by atoms with Gasteiger partial charge in [0.25, 0.3) is 0 Å². The first-order chi connectivity index (χ1) is 20.7. The van der Waals surface area contributed by atoms with Crippen LogP contribution in [0.2, 0.25) is 0 Å². The second-order valence-corrected chi connectivity index (χ2v) is 10.3. The molecule has 0 radical (unpaired) electrons. The molecule has 0 aliphatic rings. The first-order valence-electron chi connectivity index (χ1n) is 13.7. The summed E-state index contributed by atoms with van der Waals surface area (Å²) in [6.45, 7) is 0. The van der Waals surface area contributed by atoms with E-state index >= 15 is 0 Å². The van der Waals surface area contributed by atoms with Crippen LogP contribution in [0.1, 0.15) is 5.56 Å². The van der Waals surface area contributed by atoms with Gasteiger partial charge in [-0.25, -0.2) is 9.50 Å². The zero-order valence-electron chi connectivity index (χ0n) is 22.4. The van der Waals surface area contributed by atoms with E-state index in [-0.39, 0.29) is 0 Å². The second kappa shape index (κ2) is 9.58. The van der Waals surface area contributed by atoms with Crippen LogP contribution in [0.25, 0.3) is 72.4 Å². The minimum absolute atomic E-state index is 0.649. The monoisotopic (exact) mass is 538 g/mol. The van der Waals surface area contributed by atoms with Crippen molar-refractivity contribution in [3.63, 3.8) is 0 Å². The quantitative estimate of drug-likeness (QED) is 0.224. The van der Waals surface area contributed by atoms with Gasteiger partial charge in [-0.15, -0.1) is 5.10 Å². The topological polar surface area (TPSA) is 67.1 Å². The highest BCUT2D eigenvalue weighted by Crippen LogP contribution is 2.36. The fourth-order valence-electron chi connectivity index (χ4n) is 5.52. The molecule has 0 atom stereocenters. The molecule has 196 valence electrons. The van der Waals surface area contributed by atoms with Crippen LogP contribution in [-0.4, -0.2) is 14.6 Å². The van der Waals surface area contributed by atoms with Gasteiger partial charge in [0.15, 0.2) is 11.5 Å². The van der Waals surface area contributed by atoms with Gasteiger partial charge in [-0.05, 0) is 82.4 Å². The molecule has 5 heteroatoms. The number of furan rings is 1. The average Bonchev–Trinajstić information content (AvgIpc) is 3.66. The largest absolute Gasteiger partial charge is 0.456 e. The molecule has 42 heavy (non-hydrogen) atoms. The summed E-state index contributed by atoms with van der Waals surface area (Å²) in [5, 5.41) is 16.1. The summed E-state index contributed by atoms with van der Waals surface area (Å²) in [5.41, 5.74) is 10.6. The maximum Gasteiger partial charge on any atom is 0.182 e. The lowest BCUT2D eigenvalue weighted by Gasteiger charge is -2.04. The highest BCUT2D eigenvalue weighted by molar-refractivity contribution is 6.07. The predicted molar refractivity (Wildman–Crippen MR) is 167 cm³/mol. The highest BCUT2D eigenvalue weighted by atomic mass is 16.3. The first kappa shape index (κ1) is 23.9. The fraction of sp³-hybridized carbons (Fsp3) is 0. The minimum atomic E-state index is 0.649. The molecule has 8 rings (SSSR count). The Kier molecular flexibility index (Phi) is 5.44. The van der Waals surface area contributed by atoms with E-state index in [4.69, 9.17) is 19.8 Å². The number of nitrogens with zero attached hydrogens (tertiary/aromatic N) is 4. The number of aromatic nitrogens is 3. The number of fused-ring (bicyclic) bond motifs is 4. The smallest absolute Gasteiger partial charge is 0.182 e. The van der Waals surface area contributed by atoms with Gasteiger partial charge in [-0.2, -0.15) is 5.26 Å². The Morgan fingerprint density at radius 2 is 1.14 bits per heavy atom. The van der Waals surface area contributed by atoms with Crippen LogP contribution in [0.15, 0.2) is 138 Å². The van der Waals surface area contributed by atoms with Gasteiger partial charge in [-0.1, -0.05) is 72.8 Å². The van der Waals surface area contributed by atoms with Gasteiger partial charge in [0.2, 0.25) is 0 Å². The third-order valence-corrected chi connectivity index (χ3v) is 7.71. The molecule has 0 fully saturated rings. The van der Waals surface area contributed by atoms with Crippen LogP contribution in [0, 0.1) is 11.3 Å². The third-order valence-electron chi connectivity index (χ3n) is 7.71. The van der Waals surface area contributed by atoms with E-state index in [0.29, 0.717) is 11.4 Å². The summed E-state index contributed by atoms with van der Waals surface area (Å²) >= 11 is 0. The van der Waals surface area contributed by atoms with Crippen molar-refractivity contribution < 1.29 is 4.42 Å². The summed E-state index contributed by atoms with van der Waals surface area (Å²) in [4.78, 5) is 4.80. The Morgan fingerprint density at radius 1 is 0.548 bits per heavy atom. The fourth-order valence-corrected chi connectivity index (χ4v) is 5.52. The summed E-state index contributed by atoms with van der Waals surface area (Å²) in [6.07, 6.45) is 2.02. The van der Waals surface area contributed by atoms with E-state index in [1.54, 1.807) is 0 Å². The van der Waals surface area contributed by atoms with Gasteiger partial charge in [0, 0.05) is 28.1 Å². The lowest BCUT2D eigenvalue weighted by Crippen LogP contribution is -1.89. The molecule has 0 N–H and O–H groups in total. The van der Waals surface area contributed by atoms with Crippen LogP contribution in [-0.2, 0) is 0 Å². The normalized spacial score (nSPS) is 11.3. The molecule has 8 aromatic rings. The first-order valence-corrected chi connectivity index (χ1v) is 13.7. The van der Waals surface area contributed by atoms with E-state index in [9.17, 15) is 0 Å². The van der Waals surface area contributed by atoms with Crippen LogP contribution < -0.4 is 0 Å². The molecule has 0 bridgehead atoms. The SMILES string of the molecule is N#Cc1ccc(-c2ccc3oc4ccc(-c5cccc(-c6nc7ccc(-c8ccccc8)cn7n6)c5)cc4c3c2)cc1. The Bertz CT molecular complexity index is 2310. The highest BCUT2D eigenvalue weighted by Gasteiger charge is 2.13. The van der Waals surface area contributed by atoms with Crippen LogP contribution >= 0.6 is 0 Å². The second-order valence-electron chi connectivity index (χ2n) is 10.3. The van der Waals surface area contributed by atoms with Crippen molar-refractivity contribution in [1.82, 2.24) is 14.6 Å². The van der Waals surface area contributed by atoms with Gasteiger partial charge in [0.05, 0.1) is 11.6 Å². The lowest BCUT2D eigenvalue weighted by molar-refractivity contribution is 0.669. The summed E-state index contributed by atoms with van der Waals surface area (Å²) < 4.78 is 8.02. The van der Waals surface area contributed by atoms with Crippen LogP contribution in [0.3, 0.4) is 0 Å². The third kappa shape index (κ3) is 4.11. The summed E-state index contributed by atoms with van der Waals surface area (Å²) in [6, 6.07) is 45.1. The Morgan fingerprint density at radius 3 is 1.88 bits per heavy atom. The molecule has 0 saturated carbocycles. The molecular weight excluding hydrogens is 516 g/mol. The molecule has 3 aromatic heterocycles. The maximum atomic E-state index is 9.14. The average molecular weight is 539 g/mol. The molecule has 0 aliphatic carbocycles. The zero-order valence-corrected chi connectivity index (χ0v) is 22.4. The minimum Gasteiger partial charge on any atom is -0.456 e. The number of benzene rings is 5. The molecule has 0 amide bonds. The Balaban J connectivity index is 1.17. The van der Waals surface area contributed by atoms with E-state index in [1.807, 2.05) is 83.5 Å². The Hall–Kier alpha value is -5.99. The van der Waals surface area contributed by atoms with Crippen molar-refractivity contribution >= 4 is 27.6 Å². The molecule has 5 nitrogen and oxygen atoms in total. The summed E-state index contributed by atoms with van der Waals surface area (Å²) in [5.74, 6) is 0.684. The predicted octanol–water partition coefficient (Wildman–Crippen LogP) is 9.17.